The van der Waals surface area contributed by atoms with E-state index in [4.69, 9.17) is 27.9 Å². The van der Waals surface area contributed by atoms with Gasteiger partial charge in [0.2, 0.25) is 5.91 Å². The van der Waals surface area contributed by atoms with Crippen LogP contribution < -0.4 is 5.32 Å². The second-order valence-corrected chi connectivity index (χ2v) is 6.04. The highest BCUT2D eigenvalue weighted by Gasteiger charge is 2.18. The van der Waals surface area contributed by atoms with Gasteiger partial charge in [0, 0.05) is 22.5 Å². The predicted molar refractivity (Wildman–Crippen MR) is 93.9 cm³/mol. The van der Waals surface area contributed by atoms with Gasteiger partial charge < -0.3 is 10.1 Å². The second-order valence-electron chi connectivity index (χ2n) is 5.23. The molecule has 1 amide bonds. The van der Waals surface area contributed by atoms with Crippen molar-refractivity contribution in [3.05, 3.63) is 69.7 Å². The maximum absolute atomic E-state index is 12.1. The minimum Gasteiger partial charge on any atom is -0.461 e. The van der Waals surface area contributed by atoms with Crippen molar-refractivity contribution in [1.29, 1.82) is 0 Å². The number of halogens is 2. The number of benzene rings is 2. The molecule has 1 atom stereocenters. The van der Waals surface area contributed by atoms with Gasteiger partial charge in [0.25, 0.3) is 0 Å². The van der Waals surface area contributed by atoms with Crippen molar-refractivity contribution in [3.63, 3.8) is 0 Å². The quantitative estimate of drug-likeness (QED) is 0.776. The van der Waals surface area contributed by atoms with Crippen LogP contribution in [0.3, 0.4) is 0 Å². The second kappa shape index (κ2) is 8.71. The number of hydrogen-bond acceptors (Lipinski definition) is 3. The number of carbonyl (C=O) groups excluding carboxylic acids is 2. The average Bonchev–Trinajstić information content (AvgIpc) is 2.54. The summed E-state index contributed by atoms with van der Waals surface area (Å²) in [5, 5.41) is 3.64. The molecule has 0 aliphatic carbocycles. The first kappa shape index (κ1) is 18.3. The number of amides is 1. The average molecular weight is 366 g/mol. The highest BCUT2D eigenvalue weighted by atomic mass is 35.5. The van der Waals surface area contributed by atoms with Crippen molar-refractivity contribution >= 4 is 35.1 Å². The molecule has 0 saturated heterocycles. The summed E-state index contributed by atoms with van der Waals surface area (Å²) < 4.78 is 5.26. The van der Waals surface area contributed by atoms with Crippen LogP contribution in [-0.4, -0.2) is 11.9 Å². The van der Waals surface area contributed by atoms with Gasteiger partial charge in [0.05, 0.1) is 12.5 Å². The molecule has 1 N–H and O–H groups in total. The molecule has 0 unspecified atom stereocenters. The van der Waals surface area contributed by atoms with E-state index < -0.39 is 12.0 Å². The normalized spacial score (nSPS) is 11.6. The monoisotopic (exact) mass is 365 g/mol. The standard InChI is InChI=1S/C18H17Cl2NO3/c1-12(22)21-17(13-6-3-2-4-7-13)10-18(23)24-11-14-15(19)8-5-9-16(14)20/h2-9,17H,10-11H2,1H3,(H,21,22)/t17-/m0/s1. The Morgan fingerprint density at radius 3 is 2.25 bits per heavy atom. The van der Waals surface area contributed by atoms with Crippen LogP contribution in [0, 0.1) is 0 Å². The van der Waals surface area contributed by atoms with Crippen LogP contribution in [0.15, 0.2) is 48.5 Å². The summed E-state index contributed by atoms with van der Waals surface area (Å²) in [6.07, 6.45) is 0.0195. The fraction of sp³-hybridized carbons (Fsp3) is 0.222. The van der Waals surface area contributed by atoms with E-state index in [9.17, 15) is 9.59 Å². The number of rotatable bonds is 6. The molecule has 0 aliphatic heterocycles. The molecule has 0 fully saturated rings. The molecule has 4 nitrogen and oxygen atoms in total. The van der Waals surface area contributed by atoms with E-state index in [1.165, 1.54) is 6.92 Å². The molecule has 6 heteroatoms. The summed E-state index contributed by atoms with van der Waals surface area (Å²) >= 11 is 12.1. The third-order valence-electron chi connectivity index (χ3n) is 3.39. The SMILES string of the molecule is CC(=O)N[C@@H](CC(=O)OCc1c(Cl)cccc1Cl)c1ccccc1. The fourth-order valence-corrected chi connectivity index (χ4v) is 2.74. The van der Waals surface area contributed by atoms with Crippen molar-refractivity contribution in [2.45, 2.75) is 26.0 Å². The molecule has 24 heavy (non-hydrogen) atoms. The van der Waals surface area contributed by atoms with E-state index >= 15 is 0 Å². The molecular weight excluding hydrogens is 349 g/mol. The Kier molecular flexibility index (Phi) is 6.64. The summed E-state index contributed by atoms with van der Waals surface area (Å²) in [6, 6.07) is 13.9. The first-order chi connectivity index (χ1) is 11.5. The maximum Gasteiger partial charge on any atom is 0.308 e. The van der Waals surface area contributed by atoms with Gasteiger partial charge in [-0.1, -0.05) is 59.6 Å². The molecule has 0 bridgehead atoms. The highest BCUT2D eigenvalue weighted by Crippen LogP contribution is 2.25. The van der Waals surface area contributed by atoms with E-state index in [0.29, 0.717) is 15.6 Å². The van der Waals surface area contributed by atoms with Crippen LogP contribution in [0.25, 0.3) is 0 Å². The summed E-state index contributed by atoms with van der Waals surface area (Å²) in [5.74, 6) is -0.667. The van der Waals surface area contributed by atoms with Gasteiger partial charge in [0.1, 0.15) is 6.61 Å². The Labute approximate surface area is 150 Å². The number of nitrogens with one attached hydrogen (secondary N) is 1. The van der Waals surface area contributed by atoms with Crippen LogP contribution >= 0.6 is 23.2 Å². The van der Waals surface area contributed by atoms with Crippen LogP contribution in [-0.2, 0) is 20.9 Å². The zero-order valence-electron chi connectivity index (χ0n) is 13.1. The zero-order valence-corrected chi connectivity index (χ0v) is 14.6. The smallest absolute Gasteiger partial charge is 0.308 e. The van der Waals surface area contributed by atoms with E-state index in [1.807, 2.05) is 30.3 Å². The van der Waals surface area contributed by atoms with Gasteiger partial charge in [-0.3, -0.25) is 9.59 Å². The van der Waals surface area contributed by atoms with Crippen molar-refractivity contribution in [3.8, 4) is 0 Å². The summed E-state index contributed by atoms with van der Waals surface area (Å²) in [7, 11) is 0. The lowest BCUT2D eigenvalue weighted by atomic mass is 10.0. The Balaban J connectivity index is 2.01. The Morgan fingerprint density at radius 2 is 1.67 bits per heavy atom. The Hall–Kier alpha value is -2.04. The van der Waals surface area contributed by atoms with Crippen LogP contribution in [0.5, 0.6) is 0 Å². The Morgan fingerprint density at radius 1 is 1.04 bits per heavy atom. The first-order valence-electron chi connectivity index (χ1n) is 7.38. The van der Waals surface area contributed by atoms with Gasteiger partial charge in [-0.05, 0) is 17.7 Å². The van der Waals surface area contributed by atoms with Gasteiger partial charge >= 0.3 is 5.97 Å². The number of carbonyl (C=O) groups is 2. The largest absolute Gasteiger partial charge is 0.461 e. The fourth-order valence-electron chi connectivity index (χ4n) is 2.23. The van der Waals surface area contributed by atoms with Crippen LogP contribution in [0.2, 0.25) is 10.0 Å². The predicted octanol–water partition coefficient (Wildman–Crippen LogP) is 4.30. The van der Waals surface area contributed by atoms with Gasteiger partial charge in [-0.2, -0.15) is 0 Å². The topological polar surface area (TPSA) is 55.4 Å². The van der Waals surface area contributed by atoms with Crippen molar-refractivity contribution < 1.29 is 14.3 Å². The van der Waals surface area contributed by atoms with E-state index in [2.05, 4.69) is 5.32 Å². The summed E-state index contributed by atoms with van der Waals surface area (Å²) in [5.41, 5.74) is 1.39. The van der Waals surface area contributed by atoms with Crippen LogP contribution in [0.1, 0.15) is 30.5 Å². The summed E-state index contributed by atoms with van der Waals surface area (Å²) in [4.78, 5) is 23.5. The Bertz CT molecular complexity index is 699. The highest BCUT2D eigenvalue weighted by molar-refractivity contribution is 6.35. The molecule has 2 aromatic carbocycles. The van der Waals surface area contributed by atoms with Crippen molar-refractivity contribution in [1.82, 2.24) is 5.32 Å². The minimum absolute atomic E-state index is 0.0150. The van der Waals surface area contributed by atoms with Crippen molar-refractivity contribution in [2.75, 3.05) is 0 Å². The lowest BCUT2D eigenvalue weighted by molar-refractivity contribution is -0.145. The molecular formula is C18H17Cl2NO3. The minimum atomic E-state index is -0.450. The molecule has 0 aromatic heterocycles. The third-order valence-corrected chi connectivity index (χ3v) is 4.10. The molecule has 0 radical (unpaired) electrons. The van der Waals surface area contributed by atoms with E-state index in [0.717, 1.165) is 5.56 Å². The van der Waals surface area contributed by atoms with Crippen LogP contribution in [0.4, 0.5) is 0 Å². The van der Waals surface area contributed by atoms with Crippen molar-refractivity contribution in [2.24, 2.45) is 0 Å². The van der Waals surface area contributed by atoms with E-state index in [-0.39, 0.29) is 18.9 Å². The van der Waals surface area contributed by atoms with Gasteiger partial charge in [-0.25, -0.2) is 0 Å². The lowest BCUT2D eigenvalue weighted by Crippen LogP contribution is -2.28. The molecule has 0 saturated carbocycles. The molecule has 2 rings (SSSR count). The van der Waals surface area contributed by atoms with Gasteiger partial charge in [0.15, 0.2) is 0 Å². The number of esters is 1. The van der Waals surface area contributed by atoms with E-state index in [1.54, 1.807) is 18.2 Å². The summed E-state index contributed by atoms with van der Waals surface area (Å²) in [6.45, 7) is 1.39. The third kappa shape index (κ3) is 5.25. The molecule has 126 valence electrons. The molecule has 0 aliphatic rings. The number of ether oxygens (including phenoxy) is 1. The zero-order chi connectivity index (χ0) is 17.5. The molecule has 2 aromatic rings. The lowest BCUT2D eigenvalue weighted by Gasteiger charge is -2.18. The number of hydrogen-bond donors (Lipinski definition) is 1. The molecule has 0 spiro atoms. The van der Waals surface area contributed by atoms with Gasteiger partial charge in [-0.15, -0.1) is 0 Å². The molecule has 0 heterocycles. The first-order valence-corrected chi connectivity index (χ1v) is 8.13. The maximum atomic E-state index is 12.1.